The van der Waals surface area contributed by atoms with Crippen LogP contribution in [-0.4, -0.2) is 31.3 Å². The van der Waals surface area contributed by atoms with Crippen LogP contribution in [0.15, 0.2) is 0 Å². The molecule has 0 bridgehead atoms. The number of rotatable bonds is 3. The zero-order chi connectivity index (χ0) is 9.03. The maximum atomic E-state index is 6.16. The summed E-state index contributed by atoms with van der Waals surface area (Å²) < 4.78 is 5.26. The van der Waals surface area contributed by atoms with Crippen LogP contribution in [0.5, 0.6) is 0 Å². The van der Waals surface area contributed by atoms with E-state index in [9.17, 15) is 0 Å². The van der Waals surface area contributed by atoms with Gasteiger partial charge in [0.05, 0.1) is 0 Å². The van der Waals surface area contributed by atoms with E-state index >= 15 is 0 Å². The number of nitrogens with two attached hydrogens (primary N) is 1. The molecule has 12 heavy (non-hydrogen) atoms. The Morgan fingerprint density at radius 3 is 2.50 bits per heavy atom. The summed E-state index contributed by atoms with van der Waals surface area (Å²) in [6.45, 7) is 6.83. The molecule has 0 radical (unpaired) electrons. The van der Waals surface area contributed by atoms with E-state index < -0.39 is 0 Å². The van der Waals surface area contributed by atoms with Gasteiger partial charge in [0.2, 0.25) is 0 Å². The Bertz CT molecular complexity index is 130. The average molecular weight is 172 g/mol. The van der Waals surface area contributed by atoms with Crippen molar-refractivity contribution in [2.75, 3.05) is 19.8 Å². The van der Waals surface area contributed by atoms with E-state index in [1.807, 2.05) is 0 Å². The summed E-state index contributed by atoms with van der Waals surface area (Å²) in [7, 11) is 0. The van der Waals surface area contributed by atoms with Gasteiger partial charge in [-0.25, -0.2) is 0 Å². The zero-order valence-corrected chi connectivity index (χ0v) is 8.10. The van der Waals surface area contributed by atoms with Crippen molar-refractivity contribution in [2.24, 2.45) is 5.73 Å². The molecule has 0 aliphatic carbocycles. The number of hydrogen-bond acceptors (Lipinski definition) is 3. The lowest BCUT2D eigenvalue weighted by Crippen LogP contribution is -2.53. The fraction of sp³-hybridized carbons (Fsp3) is 1.00. The number of ether oxygens (including phenoxy) is 1. The lowest BCUT2D eigenvalue weighted by Gasteiger charge is -2.34. The van der Waals surface area contributed by atoms with Gasteiger partial charge in [-0.05, 0) is 12.8 Å². The third kappa shape index (κ3) is 3.09. The quantitative estimate of drug-likeness (QED) is 0.651. The third-order valence-electron chi connectivity index (χ3n) is 2.35. The highest BCUT2D eigenvalue weighted by molar-refractivity contribution is 4.88. The highest BCUT2D eigenvalue weighted by atomic mass is 16.5. The first kappa shape index (κ1) is 9.96. The molecule has 0 aromatic heterocycles. The van der Waals surface area contributed by atoms with Crippen molar-refractivity contribution >= 4 is 0 Å². The Morgan fingerprint density at radius 2 is 2.00 bits per heavy atom. The Balaban J connectivity index is 2.26. The summed E-state index contributed by atoms with van der Waals surface area (Å²) >= 11 is 0. The van der Waals surface area contributed by atoms with Gasteiger partial charge in [-0.1, -0.05) is 13.8 Å². The maximum Gasteiger partial charge on any atom is 0.0484 e. The van der Waals surface area contributed by atoms with E-state index in [1.165, 1.54) is 0 Å². The van der Waals surface area contributed by atoms with Gasteiger partial charge in [0.25, 0.3) is 0 Å². The summed E-state index contributed by atoms with van der Waals surface area (Å²) in [6, 6.07) is 0.522. The molecule has 1 rings (SSSR count). The second kappa shape index (κ2) is 4.21. The summed E-state index contributed by atoms with van der Waals surface area (Å²) in [5.41, 5.74) is 6.14. The second-order valence-corrected chi connectivity index (χ2v) is 4.01. The first-order valence-electron chi connectivity index (χ1n) is 4.72. The topological polar surface area (TPSA) is 47.3 Å². The standard InChI is InChI=1S/C9H20N2O/c1-8(2)11-7-9(10)3-5-12-6-4-9/h8,11H,3-7,10H2,1-2H3. The van der Waals surface area contributed by atoms with Crippen molar-refractivity contribution in [2.45, 2.75) is 38.3 Å². The van der Waals surface area contributed by atoms with Crippen molar-refractivity contribution in [1.82, 2.24) is 5.32 Å². The maximum absolute atomic E-state index is 6.16. The fourth-order valence-electron chi connectivity index (χ4n) is 1.36. The molecule has 1 saturated heterocycles. The van der Waals surface area contributed by atoms with Crippen LogP contribution in [0.3, 0.4) is 0 Å². The Hall–Kier alpha value is -0.120. The summed E-state index contributed by atoms with van der Waals surface area (Å²) in [5.74, 6) is 0. The molecule has 1 aliphatic heterocycles. The highest BCUT2D eigenvalue weighted by Gasteiger charge is 2.27. The number of hydrogen-bond donors (Lipinski definition) is 2. The molecule has 1 fully saturated rings. The van der Waals surface area contributed by atoms with E-state index in [4.69, 9.17) is 10.5 Å². The van der Waals surface area contributed by atoms with Crippen molar-refractivity contribution in [3.63, 3.8) is 0 Å². The van der Waals surface area contributed by atoms with Gasteiger partial charge in [0, 0.05) is 31.3 Å². The van der Waals surface area contributed by atoms with E-state index in [1.54, 1.807) is 0 Å². The number of nitrogens with one attached hydrogen (secondary N) is 1. The molecule has 3 nitrogen and oxygen atoms in total. The lowest BCUT2D eigenvalue weighted by atomic mass is 9.91. The van der Waals surface area contributed by atoms with Crippen LogP contribution in [0.2, 0.25) is 0 Å². The van der Waals surface area contributed by atoms with E-state index in [2.05, 4.69) is 19.2 Å². The van der Waals surface area contributed by atoms with Gasteiger partial charge in [0.15, 0.2) is 0 Å². The predicted octanol–water partition coefficient (Wildman–Crippen LogP) is 0.492. The highest BCUT2D eigenvalue weighted by Crippen LogP contribution is 2.16. The van der Waals surface area contributed by atoms with Crippen LogP contribution in [0.1, 0.15) is 26.7 Å². The first-order chi connectivity index (χ1) is 5.62. The molecular formula is C9H20N2O. The molecule has 0 spiro atoms. The van der Waals surface area contributed by atoms with Gasteiger partial charge >= 0.3 is 0 Å². The molecule has 72 valence electrons. The van der Waals surface area contributed by atoms with E-state index in [0.29, 0.717) is 6.04 Å². The predicted molar refractivity (Wildman–Crippen MR) is 50.1 cm³/mol. The third-order valence-corrected chi connectivity index (χ3v) is 2.35. The average Bonchev–Trinajstić information content (AvgIpc) is 2.03. The normalized spacial score (nSPS) is 23.0. The van der Waals surface area contributed by atoms with Gasteiger partial charge in [0.1, 0.15) is 0 Å². The van der Waals surface area contributed by atoms with Crippen molar-refractivity contribution in [3.05, 3.63) is 0 Å². The lowest BCUT2D eigenvalue weighted by molar-refractivity contribution is 0.0525. The molecule has 1 heterocycles. The minimum atomic E-state index is -0.0253. The molecule has 3 N–H and O–H groups in total. The Labute approximate surface area is 74.7 Å². The first-order valence-corrected chi connectivity index (χ1v) is 4.72. The molecule has 0 atom stereocenters. The SMILES string of the molecule is CC(C)NCC1(N)CCOCC1. The van der Waals surface area contributed by atoms with Gasteiger partial charge in [-0.15, -0.1) is 0 Å². The van der Waals surface area contributed by atoms with Gasteiger partial charge in [-0.2, -0.15) is 0 Å². The van der Waals surface area contributed by atoms with E-state index in [0.717, 1.165) is 32.6 Å². The molecule has 3 heteroatoms. The van der Waals surface area contributed by atoms with Crippen molar-refractivity contribution in [3.8, 4) is 0 Å². The minimum absolute atomic E-state index is 0.0253. The van der Waals surface area contributed by atoms with Crippen LogP contribution < -0.4 is 11.1 Å². The largest absolute Gasteiger partial charge is 0.381 e. The smallest absolute Gasteiger partial charge is 0.0484 e. The van der Waals surface area contributed by atoms with Crippen LogP contribution >= 0.6 is 0 Å². The Morgan fingerprint density at radius 1 is 1.42 bits per heavy atom. The van der Waals surface area contributed by atoms with Crippen molar-refractivity contribution < 1.29 is 4.74 Å². The van der Waals surface area contributed by atoms with E-state index in [-0.39, 0.29) is 5.54 Å². The van der Waals surface area contributed by atoms with Crippen LogP contribution in [0.4, 0.5) is 0 Å². The van der Waals surface area contributed by atoms with Gasteiger partial charge in [-0.3, -0.25) is 0 Å². The van der Waals surface area contributed by atoms with Crippen LogP contribution in [0.25, 0.3) is 0 Å². The second-order valence-electron chi connectivity index (χ2n) is 4.01. The summed E-state index contributed by atoms with van der Waals surface area (Å²) in [4.78, 5) is 0. The monoisotopic (exact) mass is 172 g/mol. The summed E-state index contributed by atoms with van der Waals surface area (Å²) in [6.07, 6.45) is 1.96. The van der Waals surface area contributed by atoms with Gasteiger partial charge < -0.3 is 15.8 Å². The molecule has 0 unspecified atom stereocenters. The molecule has 0 aromatic carbocycles. The minimum Gasteiger partial charge on any atom is -0.381 e. The molecular weight excluding hydrogens is 152 g/mol. The molecule has 1 aliphatic rings. The Kier molecular flexibility index (Phi) is 3.50. The molecule has 0 saturated carbocycles. The summed E-state index contributed by atoms with van der Waals surface area (Å²) in [5, 5.41) is 3.38. The molecule has 0 aromatic rings. The molecule has 0 amide bonds. The van der Waals surface area contributed by atoms with Crippen LogP contribution in [-0.2, 0) is 4.74 Å². The zero-order valence-electron chi connectivity index (χ0n) is 8.10. The van der Waals surface area contributed by atoms with Crippen molar-refractivity contribution in [1.29, 1.82) is 0 Å². The fourth-order valence-corrected chi connectivity index (χ4v) is 1.36. The van der Waals surface area contributed by atoms with Crippen LogP contribution in [0, 0.1) is 0 Å².